The van der Waals surface area contributed by atoms with E-state index >= 15 is 0 Å². The maximum absolute atomic E-state index is 13.6. The topological polar surface area (TPSA) is 69.1 Å². The zero-order chi connectivity index (χ0) is 14.0. The maximum Gasteiger partial charge on any atom is 0.227 e. The maximum atomic E-state index is 13.6. The van der Waals surface area contributed by atoms with Crippen LogP contribution in [-0.2, 0) is 4.79 Å². The predicted molar refractivity (Wildman–Crippen MR) is 60.8 cm³/mol. The first-order chi connectivity index (χ1) is 9.02. The molecule has 1 unspecified atom stereocenters. The van der Waals surface area contributed by atoms with E-state index in [0.29, 0.717) is 12.1 Å². The number of amides is 1. The molecule has 0 aromatic heterocycles. The largest absolute Gasteiger partial charge is 0.307 e. The molecule has 0 saturated carbocycles. The van der Waals surface area contributed by atoms with Gasteiger partial charge < -0.3 is 4.90 Å². The quantitative estimate of drug-likeness (QED) is 0.473. The van der Waals surface area contributed by atoms with Crippen LogP contribution in [0.5, 0.6) is 0 Å². The summed E-state index contributed by atoms with van der Waals surface area (Å²) in [6.45, 7) is 0.112. The summed E-state index contributed by atoms with van der Waals surface area (Å²) in [6, 6.07) is 1.04. The predicted octanol–water partition coefficient (Wildman–Crippen LogP) is 2.77. The molecule has 0 radical (unpaired) electrons. The monoisotopic (exact) mass is 270 g/mol. The van der Waals surface area contributed by atoms with E-state index in [-0.39, 0.29) is 25.4 Å². The second-order valence-electron chi connectivity index (χ2n) is 4.21. The summed E-state index contributed by atoms with van der Waals surface area (Å²) >= 11 is 0. The summed E-state index contributed by atoms with van der Waals surface area (Å²) in [7, 11) is 0. The molecule has 100 valence electrons. The number of carbonyl (C=O) groups excluding carboxylic acids is 1. The Kier molecular flexibility index (Phi) is 3.62. The number of carbonyl (C=O) groups is 1. The van der Waals surface area contributed by atoms with Crippen molar-refractivity contribution in [3.8, 4) is 0 Å². The number of hydrogen-bond acceptors (Lipinski definition) is 2. The molecule has 1 aromatic rings. The van der Waals surface area contributed by atoms with Gasteiger partial charge in [-0.15, -0.1) is 0 Å². The van der Waals surface area contributed by atoms with Crippen LogP contribution in [0.2, 0.25) is 0 Å². The molecule has 1 amide bonds. The highest BCUT2D eigenvalue weighted by molar-refractivity contribution is 5.96. The van der Waals surface area contributed by atoms with E-state index in [9.17, 15) is 18.0 Å². The lowest BCUT2D eigenvalue weighted by Crippen LogP contribution is -2.27. The molecular formula is C11H9F3N4O. The SMILES string of the molecule is [N-]=[N+]=NCC1CC(=O)N(c2c(F)cc(F)cc2F)C1. The number of hydrogen-bond donors (Lipinski definition) is 0. The molecule has 0 spiro atoms. The number of rotatable bonds is 3. The Morgan fingerprint density at radius 2 is 2.00 bits per heavy atom. The third kappa shape index (κ3) is 2.63. The van der Waals surface area contributed by atoms with Gasteiger partial charge in [0.25, 0.3) is 0 Å². The minimum absolute atomic E-state index is 0.0370. The van der Waals surface area contributed by atoms with Gasteiger partial charge in [0.1, 0.15) is 11.5 Å². The van der Waals surface area contributed by atoms with Gasteiger partial charge in [-0.05, 0) is 11.4 Å². The van der Waals surface area contributed by atoms with Crippen molar-refractivity contribution >= 4 is 11.6 Å². The van der Waals surface area contributed by atoms with Crippen LogP contribution in [0.15, 0.2) is 17.2 Å². The van der Waals surface area contributed by atoms with Gasteiger partial charge in [-0.1, -0.05) is 5.11 Å². The molecule has 1 fully saturated rings. The van der Waals surface area contributed by atoms with Gasteiger partial charge in [0.15, 0.2) is 11.6 Å². The van der Waals surface area contributed by atoms with E-state index in [0.717, 1.165) is 4.90 Å². The number of benzene rings is 1. The lowest BCUT2D eigenvalue weighted by atomic mass is 10.1. The lowest BCUT2D eigenvalue weighted by molar-refractivity contribution is -0.117. The molecule has 1 saturated heterocycles. The molecule has 19 heavy (non-hydrogen) atoms. The van der Waals surface area contributed by atoms with Crippen LogP contribution in [0.1, 0.15) is 6.42 Å². The summed E-state index contributed by atoms with van der Waals surface area (Å²) in [5.41, 5.74) is 7.63. The van der Waals surface area contributed by atoms with E-state index in [4.69, 9.17) is 5.53 Å². The first kappa shape index (κ1) is 13.2. The third-order valence-corrected chi connectivity index (χ3v) is 2.86. The highest BCUT2D eigenvalue weighted by Crippen LogP contribution is 2.30. The Balaban J connectivity index is 2.28. The van der Waals surface area contributed by atoms with Crippen molar-refractivity contribution in [1.29, 1.82) is 0 Å². The number of azide groups is 1. The van der Waals surface area contributed by atoms with Crippen LogP contribution < -0.4 is 4.90 Å². The van der Waals surface area contributed by atoms with Crippen molar-refractivity contribution < 1.29 is 18.0 Å². The Morgan fingerprint density at radius 3 is 2.58 bits per heavy atom. The van der Waals surface area contributed by atoms with Gasteiger partial charge in [-0.2, -0.15) is 0 Å². The van der Waals surface area contributed by atoms with Gasteiger partial charge >= 0.3 is 0 Å². The molecule has 1 aliphatic rings. The molecule has 1 atom stereocenters. The van der Waals surface area contributed by atoms with Crippen LogP contribution in [0, 0.1) is 23.4 Å². The standard InChI is InChI=1S/C11H9F3N4O/c12-7-2-8(13)11(9(14)3-7)18-5-6(1-10(18)19)4-16-17-15/h2-3,6H,1,4-5H2. The molecule has 2 rings (SSSR count). The van der Waals surface area contributed by atoms with Gasteiger partial charge in [0, 0.05) is 36.6 Å². The molecule has 5 nitrogen and oxygen atoms in total. The molecule has 8 heteroatoms. The smallest absolute Gasteiger partial charge is 0.227 e. The van der Waals surface area contributed by atoms with E-state index in [2.05, 4.69) is 10.0 Å². The van der Waals surface area contributed by atoms with Gasteiger partial charge in [0.2, 0.25) is 5.91 Å². The van der Waals surface area contributed by atoms with Crippen molar-refractivity contribution in [2.45, 2.75) is 6.42 Å². The Labute approximate surface area is 106 Å². The number of anilines is 1. The molecule has 1 aliphatic heterocycles. The fraction of sp³-hybridized carbons (Fsp3) is 0.364. The summed E-state index contributed by atoms with van der Waals surface area (Å²) in [4.78, 5) is 15.2. The summed E-state index contributed by atoms with van der Waals surface area (Å²) in [6.07, 6.45) is 0.0370. The first-order valence-corrected chi connectivity index (χ1v) is 5.48. The minimum atomic E-state index is -1.13. The Morgan fingerprint density at radius 1 is 1.37 bits per heavy atom. The van der Waals surface area contributed by atoms with E-state index in [1.165, 1.54) is 0 Å². The van der Waals surface area contributed by atoms with Crippen LogP contribution >= 0.6 is 0 Å². The minimum Gasteiger partial charge on any atom is -0.307 e. The van der Waals surface area contributed by atoms with Crippen LogP contribution in [-0.4, -0.2) is 19.0 Å². The normalized spacial score (nSPS) is 18.6. The molecule has 1 heterocycles. The molecule has 0 bridgehead atoms. The zero-order valence-electron chi connectivity index (χ0n) is 9.68. The van der Waals surface area contributed by atoms with Gasteiger partial charge in [0.05, 0.1) is 0 Å². The highest BCUT2D eigenvalue weighted by atomic mass is 19.1. The second-order valence-corrected chi connectivity index (χ2v) is 4.21. The molecular weight excluding hydrogens is 261 g/mol. The highest BCUT2D eigenvalue weighted by Gasteiger charge is 2.33. The van der Waals surface area contributed by atoms with Crippen molar-refractivity contribution in [3.05, 3.63) is 40.0 Å². The van der Waals surface area contributed by atoms with Crippen molar-refractivity contribution in [2.75, 3.05) is 18.0 Å². The van der Waals surface area contributed by atoms with Crippen molar-refractivity contribution in [2.24, 2.45) is 11.0 Å². The van der Waals surface area contributed by atoms with Gasteiger partial charge in [-0.3, -0.25) is 4.79 Å². The Bertz CT molecular complexity index is 548. The average molecular weight is 270 g/mol. The first-order valence-electron chi connectivity index (χ1n) is 5.48. The van der Waals surface area contributed by atoms with E-state index < -0.39 is 29.0 Å². The number of halogens is 3. The molecule has 1 aromatic carbocycles. The zero-order valence-corrected chi connectivity index (χ0v) is 9.68. The summed E-state index contributed by atoms with van der Waals surface area (Å²) < 4.78 is 39.9. The summed E-state index contributed by atoms with van der Waals surface area (Å²) in [5, 5.41) is 3.33. The second kappa shape index (κ2) is 5.19. The fourth-order valence-corrected chi connectivity index (χ4v) is 2.06. The lowest BCUT2D eigenvalue weighted by Gasteiger charge is -2.18. The third-order valence-electron chi connectivity index (χ3n) is 2.86. The number of nitrogens with zero attached hydrogens (tertiary/aromatic N) is 4. The van der Waals surface area contributed by atoms with E-state index in [1.807, 2.05) is 0 Å². The van der Waals surface area contributed by atoms with Crippen LogP contribution in [0.4, 0.5) is 18.9 Å². The Hall–Kier alpha value is -2.21. The van der Waals surface area contributed by atoms with Gasteiger partial charge in [-0.25, -0.2) is 13.2 Å². The molecule has 0 aliphatic carbocycles. The van der Waals surface area contributed by atoms with Crippen molar-refractivity contribution in [3.63, 3.8) is 0 Å². The molecule has 0 N–H and O–H groups in total. The van der Waals surface area contributed by atoms with Crippen molar-refractivity contribution in [1.82, 2.24) is 0 Å². The van der Waals surface area contributed by atoms with E-state index in [1.54, 1.807) is 0 Å². The summed E-state index contributed by atoms with van der Waals surface area (Å²) in [5.74, 6) is -4.09. The average Bonchev–Trinajstić information content (AvgIpc) is 2.67. The fourth-order valence-electron chi connectivity index (χ4n) is 2.06. The van der Waals surface area contributed by atoms with Crippen LogP contribution in [0.3, 0.4) is 0 Å². The van der Waals surface area contributed by atoms with Crippen LogP contribution in [0.25, 0.3) is 10.4 Å².